The Kier molecular flexibility index (Phi) is 2.04. The first kappa shape index (κ1) is 8.91. The van der Waals surface area contributed by atoms with Crippen LogP contribution >= 0.6 is 0 Å². The monoisotopic (exact) mass is 208 g/mol. The van der Waals surface area contributed by atoms with Crippen LogP contribution in [0.4, 0.5) is 0 Å². The lowest BCUT2D eigenvalue weighted by Gasteiger charge is -2.00. The smallest absolute Gasteiger partial charge is 0.0893 e. The lowest BCUT2D eigenvalue weighted by molar-refractivity contribution is 1.20. The van der Waals surface area contributed by atoms with Gasteiger partial charge in [0.2, 0.25) is 0 Å². The van der Waals surface area contributed by atoms with Crippen molar-refractivity contribution >= 4 is 11.0 Å². The Balaban J connectivity index is 2.19. The van der Waals surface area contributed by atoms with Crippen molar-refractivity contribution in [3.05, 3.63) is 49.2 Å². The van der Waals surface area contributed by atoms with E-state index >= 15 is 0 Å². The van der Waals surface area contributed by atoms with Crippen LogP contribution in [0.3, 0.4) is 0 Å². The molecule has 3 aromatic rings. The fourth-order valence-corrected chi connectivity index (χ4v) is 1.57. The van der Waals surface area contributed by atoms with Crippen LogP contribution < -0.4 is 0 Å². The van der Waals surface area contributed by atoms with Crippen molar-refractivity contribution < 1.29 is 0 Å². The fourth-order valence-electron chi connectivity index (χ4n) is 1.57. The minimum Gasteiger partial charge on any atom is -0.261 e. The Morgan fingerprint density at radius 3 is 2.38 bits per heavy atom. The highest BCUT2D eigenvalue weighted by molar-refractivity contribution is 5.79. The molecule has 2 heterocycles. The number of hydrogen-bond donors (Lipinski definition) is 0. The Labute approximate surface area is 92.0 Å². The lowest BCUT2D eigenvalue weighted by atomic mass is 10.1. The SMILES string of the molecule is c1cnc(-c2ccc3nccnc3c2)cn1. The van der Waals surface area contributed by atoms with Gasteiger partial charge in [-0.1, -0.05) is 6.07 Å². The van der Waals surface area contributed by atoms with Crippen molar-refractivity contribution in [3.63, 3.8) is 0 Å². The van der Waals surface area contributed by atoms with Crippen molar-refractivity contribution in [3.8, 4) is 11.3 Å². The lowest BCUT2D eigenvalue weighted by Crippen LogP contribution is -1.86. The van der Waals surface area contributed by atoms with E-state index in [-0.39, 0.29) is 0 Å². The van der Waals surface area contributed by atoms with E-state index in [0.29, 0.717) is 0 Å². The van der Waals surface area contributed by atoms with Gasteiger partial charge in [-0.05, 0) is 12.1 Å². The van der Waals surface area contributed by atoms with E-state index < -0.39 is 0 Å². The summed E-state index contributed by atoms with van der Waals surface area (Å²) in [6.07, 6.45) is 8.44. The molecule has 4 nitrogen and oxygen atoms in total. The molecule has 1 aromatic carbocycles. The van der Waals surface area contributed by atoms with E-state index in [2.05, 4.69) is 19.9 Å². The maximum atomic E-state index is 4.26. The molecule has 4 heteroatoms. The summed E-state index contributed by atoms with van der Waals surface area (Å²) in [4.78, 5) is 16.8. The molecule has 0 aliphatic heterocycles. The summed E-state index contributed by atoms with van der Waals surface area (Å²) in [5.41, 5.74) is 3.59. The summed E-state index contributed by atoms with van der Waals surface area (Å²) in [6, 6.07) is 5.87. The van der Waals surface area contributed by atoms with Crippen molar-refractivity contribution in [2.45, 2.75) is 0 Å². The minimum absolute atomic E-state index is 0.843. The fraction of sp³-hybridized carbons (Fsp3) is 0. The van der Waals surface area contributed by atoms with Crippen LogP contribution in [0.2, 0.25) is 0 Å². The predicted octanol–water partition coefficient (Wildman–Crippen LogP) is 2.09. The van der Waals surface area contributed by atoms with Gasteiger partial charge in [0, 0.05) is 30.4 Å². The van der Waals surface area contributed by atoms with Crippen LogP contribution in [0.5, 0.6) is 0 Å². The van der Waals surface area contributed by atoms with E-state index in [9.17, 15) is 0 Å². The third-order valence-corrected chi connectivity index (χ3v) is 2.33. The molecule has 0 atom stereocenters. The van der Waals surface area contributed by atoms with E-state index in [1.807, 2.05) is 18.2 Å². The number of rotatable bonds is 1. The van der Waals surface area contributed by atoms with Crippen molar-refractivity contribution in [1.82, 2.24) is 19.9 Å². The molecule has 0 fully saturated rings. The van der Waals surface area contributed by atoms with E-state index in [4.69, 9.17) is 0 Å². The number of aromatic nitrogens is 4. The molecule has 76 valence electrons. The molecule has 0 saturated heterocycles. The van der Waals surface area contributed by atoms with Gasteiger partial charge in [0.05, 0.1) is 22.9 Å². The van der Waals surface area contributed by atoms with Crippen LogP contribution in [-0.4, -0.2) is 19.9 Å². The summed E-state index contributed by atoms with van der Waals surface area (Å²) in [7, 11) is 0. The highest BCUT2D eigenvalue weighted by atomic mass is 14.8. The van der Waals surface area contributed by atoms with Crippen LogP contribution in [0.1, 0.15) is 0 Å². The molecule has 0 bridgehead atoms. The van der Waals surface area contributed by atoms with Gasteiger partial charge in [0.25, 0.3) is 0 Å². The Bertz CT molecular complexity index is 622. The van der Waals surface area contributed by atoms with Crippen molar-refractivity contribution in [1.29, 1.82) is 0 Å². The van der Waals surface area contributed by atoms with Gasteiger partial charge in [-0.2, -0.15) is 0 Å². The zero-order chi connectivity index (χ0) is 10.8. The van der Waals surface area contributed by atoms with Crippen molar-refractivity contribution in [2.75, 3.05) is 0 Å². The van der Waals surface area contributed by atoms with Gasteiger partial charge in [-0.25, -0.2) is 0 Å². The zero-order valence-corrected chi connectivity index (χ0v) is 8.41. The number of benzene rings is 1. The maximum Gasteiger partial charge on any atom is 0.0893 e. The summed E-state index contributed by atoms with van der Waals surface area (Å²) < 4.78 is 0. The molecule has 0 aliphatic carbocycles. The molecular formula is C12H8N4. The first-order valence-corrected chi connectivity index (χ1v) is 4.91. The Morgan fingerprint density at radius 1 is 0.750 bits per heavy atom. The minimum atomic E-state index is 0.843. The molecule has 16 heavy (non-hydrogen) atoms. The first-order chi connectivity index (χ1) is 7.93. The molecule has 3 rings (SSSR count). The normalized spacial score (nSPS) is 10.5. The molecule has 0 aliphatic rings. The Hall–Kier alpha value is -2.36. The standard InChI is InChI=1S/C12H8N4/c1-2-10-11(15-6-5-14-10)7-9(1)12-8-13-3-4-16-12/h1-8H. The highest BCUT2D eigenvalue weighted by Gasteiger charge is 2.01. The first-order valence-electron chi connectivity index (χ1n) is 4.91. The number of fused-ring (bicyclic) bond motifs is 1. The second-order valence-electron chi connectivity index (χ2n) is 3.35. The van der Waals surface area contributed by atoms with Crippen LogP contribution in [0, 0.1) is 0 Å². The maximum absolute atomic E-state index is 4.26. The van der Waals surface area contributed by atoms with E-state index in [0.717, 1.165) is 22.3 Å². The van der Waals surface area contributed by atoms with Gasteiger partial charge in [0.15, 0.2) is 0 Å². The third kappa shape index (κ3) is 1.50. The molecular weight excluding hydrogens is 200 g/mol. The molecule has 0 amide bonds. The predicted molar refractivity (Wildman–Crippen MR) is 60.6 cm³/mol. The molecule has 2 aromatic heterocycles. The van der Waals surface area contributed by atoms with Gasteiger partial charge >= 0.3 is 0 Å². The largest absolute Gasteiger partial charge is 0.261 e. The summed E-state index contributed by atoms with van der Waals surface area (Å²) >= 11 is 0. The number of nitrogens with zero attached hydrogens (tertiary/aromatic N) is 4. The quantitative estimate of drug-likeness (QED) is 0.614. The van der Waals surface area contributed by atoms with Crippen LogP contribution in [-0.2, 0) is 0 Å². The third-order valence-electron chi connectivity index (χ3n) is 2.33. The average molecular weight is 208 g/mol. The molecule has 0 saturated carbocycles. The molecule has 0 spiro atoms. The molecule has 0 radical (unpaired) electrons. The van der Waals surface area contributed by atoms with Crippen LogP contribution in [0.15, 0.2) is 49.2 Å². The van der Waals surface area contributed by atoms with Gasteiger partial charge < -0.3 is 0 Å². The highest BCUT2D eigenvalue weighted by Crippen LogP contribution is 2.19. The van der Waals surface area contributed by atoms with Crippen molar-refractivity contribution in [2.24, 2.45) is 0 Å². The van der Waals surface area contributed by atoms with E-state index in [1.165, 1.54) is 0 Å². The second-order valence-corrected chi connectivity index (χ2v) is 3.35. The van der Waals surface area contributed by atoms with E-state index in [1.54, 1.807) is 31.0 Å². The Morgan fingerprint density at radius 2 is 1.56 bits per heavy atom. The van der Waals surface area contributed by atoms with Gasteiger partial charge in [0.1, 0.15) is 0 Å². The zero-order valence-electron chi connectivity index (χ0n) is 8.41. The average Bonchev–Trinajstić information content (AvgIpc) is 2.39. The summed E-state index contributed by atoms with van der Waals surface area (Å²) in [5, 5.41) is 0. The summed E-state index contributed by atoms with van der Waals surface area (Å²) in [5.74, 6) is 0. The van der Waals surface area contributed by atoms with Crippen LogP contribution in [0.25, 0.3) is 22.3 Å². The topological polar surface area (TPSA) is 51.6 Å². The van der Waals surface area contributed by atoms with Gasteiger partial charge in [-0.15, -0.1) is 0 Å². The summed E-state index contributed by atoms with van der Waals surface area (Å²) in [6.45, 7) is 0. The molecule has 0 unspecified atom stereocenters. The second kappa shape index (κ2) is 3.66. The molecule has 0 N–H and O–H groups in total. The van der Waals surface area contributed by atoms with Gasteiger partial charge in [-0.3, -0.25) is 19.9 Å². The number of hydrogen-bond acceptors (Lipinski definition) is 4.